The summed E-state index contributed by atoms with van der Waals surface area (Å²) >= 11 is 12.5. The fraction of sp³-hybridized carbons (Fsp3) is 0.0952. The molecule has 1 aliphatic heterocycles. The minimum Gasteiger partial charge on any atom is -0.454 e. The first-order valence-electron chi connectivity index (χ1n) is 8.22. The maximum absolute atomic E-state index is 6.32. The van der Waals surface area contributed by atoms with E-state index < -0.39 is 0 Å². The van der Waals surface area contributed by atoms with E-state index in [2.05, 4.69) is 6.07 Å². The largest absolute Gasteiger partial charge is 0.454 e. The van der Waals surface area contributed by atoms with E-state index in [0.29, 0.717) is 5.02 Å². The molecule has 3 aromatic carbocycles. The Balaban J connectivity index is 1.57. The van der Waals surface area contributed by atoms with Gasteiger partial charge in [0.2, 0.25) is 6.79 Å². The van der Waals surface area contributed by atoms with Gasteiger partial charge in [-0.25, -0.2) is 0 Å². The van der Waals surface area contributed by atoms with E-state index in [1.807, 2.05) is 48.7 Å². The third-order valence-corrected chi connectivity index (χ3v) is 5.08. The van der Waals surface area contributed by atoms with Crippen molar-refractivity contribution in [1.29, 1.82) is 0 Å². The van der Waals surface area contributed by atoms with E-state index >= 15 is 0 Å². The van der Waals surface area contributed by atoms with Crippen molar-refractivity contribution in [2.24, 2.45) is 4.99 Å². The Morgan fingerprint density at radius 1 is 0.846 bits per heavy atom. The van der Waals surface area contributed by atoms with Crippen molar-refractivity contribution < 1.29 is 9.47 Å². The minimum atomic E-state index is 0.261. The summed E-state index contributed by atoms with van der Waals surface area (Å²) in [5.41, 5.74) is 6.46. The number of hydrogen-bond acceptors (Lipinski definition) is 3. The summed E-state index contributed by atoms with van der Waals surface area (Å²) in [6, 6.07) is 15.6. The second-order valence-electron chi connectivity index (χ2n) is 6.31. The lowest BCUT2D eigenvalue weighted by atomic mass is 10.0. The van der Waals surface area contributed by atoms with Gasteiger partial charge < -0.3 is 9.47 Å². The molecule has 0 unspecified atom stereocenters. The van der Waals surface area contributed by atoms with E-state index in [9.17, 15) is 0 Å². The van der Waals surface area contributed by atoms with Gasteiger partial charge in [-0.1, -0.05) is 29.3 Å². The average molecular weight is 382 g/mol. The van der Waals surface area contributed by atoms with Crippen LogP contribution in [0, 0.1) is 0 Å². The molecule has 0 aromatic heterocycles. The van der Waals surface area contributed by atoms with Crippen LogP contribution in [0.5, 0.6) is 11.5 Å². The van der Waals surface area contributed by atoms with Crippen LogP contribution < -0.4 is 9.47 Å². The Bertz CT molecular complexity index is 1080. The Morgan fingerprint density at radius 3 is 2.62 bits per heavy atom. The van der Waals surface area contributed by atoms with Gasteiger partial charge in [0.05, 0.1) is 5.69 Å². The Kier molecular flexibility index (Phi) is 3.66. The van der Waals surface area contributed by atoms with Gasteiger partial charge in [-0.3, -0.25) is 4.99 Å². The smallest absolute Gasteiger partial charge is 0.231 e. The molecule has 0 saturated heterocycles. The number of aliphatic imine (C=N–C) groups is 1. The fourth-order valence-electron chi connectivity index (χ4n) is 3.49. The zero-order chi connectivity index (χ0) is 17.7. The highest BCUT2D eigenvalue weighted by Gasteiger charge is 2.22. The van der Waals surface area contributed by atoms with Crippen molar-refractivity contribution in [3.05, 3.63) is 75.3 Å². The third-order valence-electron chi connectivity index (χ3n) is 4.63. The van der Waals surface area contributed by atoms with Gasteiger partial charge in [-0.2, -0.15) is 0 Å². The van der Waals surface area contributed by atoms with Gasteiger partial charge in [0.25, 0.3) is 0 Å². The highest BCUT2D eigenvalue weighted by Crippen LogP contribution is 2.45. The van der Waals surface area contributed by atoms with Crippen molar-refractivity contribution in [2.45, 2.75) is 6.42 Å². The lowest BCUT2D eigenvalue weighted by Crippen LogP contribution is -1.92. The maximum atomic E-state index is 6.32. The summed E-state index contributed by atoms with van der Waals surface area (Å²) < 4.78 is 10.8. The Hall–Kier alpha value is -2.49. The summed E-state index contributed by atoms with van der Waals surface area (Å²) in [6.45, 7) is 0.261. The van der Waals surface area contributed by atoms with Crippen LogP contribution in [0.4, 0.5) is 5.69 Å². The van der Waals surface area contributed by atoms with Gasteiger partial charge in [-0.15, -0.1) is 0 Å². The molecule has 5 rings (SSSR count). The van der Waals surface area contributed by atoms with Gasteiger partial charge in [0.1, 0.15) is 0 Å². The number of fused-ring (bicyclic) bond motifs is 4. The first kappa shape index (κ1) is 15.7. The lowest BCUT2D eigenvalue weighted by Gasteiger charge is -2.07. The average Bonchev–Trinajstić information content (AvgIpc) is 3.22. The fourth-order valence-corrected chi connectivity index (χ4v) is 3.92. The molecule has 0 radical (unpaired) electrons. The molecule has 2 aliphatic rings. The van der Waals surface area contributed by atoms with Crippen molar-refractivity contribution in [3.8, 4) is 22.6 Å². The van der Waals surface area contributed by atoms with Crippen LogP contribution in [0.1, 0.15) is 16.7 Å². The molecule has 3 nitrogen and oxygen atoms in total. The molecule has 26 heavy (non-hydrogen) atoms. The summed E-state index contributed by atoms with van der Waals surface area (Å²) in [5, 5.41) is 1.42. The topological polar surface area (TPSA) is 30.8 Å². The number of hydrogen-bond donors (Lipinski definition) is 0. The Morgan fingerprint density at radius 2 is 1.69 bits per heavy atom. The van der Waals surface area contributed by atoms with Crippen LogP contribution in [0.3, 0.4) is 0 Å². The first-order valence-corrected chi connectivity index (χ1v) is 8.98. The van der Waals surface area contributed by atoms with Crippen molar-refractivity contribution in [2.75, 3.05) is 6.79 Å². The molecule has 5 heteroatoms. The molecule has 0 saturated carbocycles. The Labute approximate surface area is 160 Å². The zero-order valence-corrected chi connectivity index (χ0v) is 15.1. The van der Waals surface area contributed by atoms with Crippen LogP contribution in [0.15, 0.2) is 53.5 Å². The van der Waals surface area contributed by atoms with Crippen LogP contribution in [-0.4, -0.2) is 13.0 Å². The van der Waals surface area contributed by atoms with Crippen LogP contribution in [0.25, 0.3) is 11.1 Å². The van der Waals surface area contributed by atoms with Crippen LogP contribution in [0.2, 0.25) is 10.0 Å². The van der Waals surface area contributed by atoms with Gasteiger partial charge in [-0.05, 0) is 71.1 Å². The molecule has 0 bridgehead atoms. The summed E-state index contributed by atoms with van der Waals surface area (Å²) in [6.07, 6.45) is 2.64. The summed E-state index contributed by atoms with van der Waals surface area (Å²) in [4.78, 5) is 4.72. The van der Waals surface area contributed by atoms with Gasteiger partial charge in [0, 0.05) is 21.8 Å². The molecular formula is C21H13Cl2NO2. The predicted octanol–water partition coefficient (Wildman–Crippen LogP) is 6.04. The second-order valence-corrected chi connectivity index (χ2v) is 7.18. The third kappa shape index (κ3) is 2.64. The highest BCUT2D eigenvalue weighted by atomic mass is 35.5. The van der Waals surface area contributed by atoms with E-state index in [-0.39, 0.29) is 6.79 Å². The van der Waals surface area contributed by atoms with Gasteiger partial charge in [0.15, 0.2) is 11.5 Å². The minimum absolute atomic E-state index is 0.261. The molecular weight excluding hydrogens is 369 g/mol. The van der Waals surface area contributed by atoms with Crippen molar-refractivity contribution in [1.82, 2.24) is 0 Å². The lowest BCUT2D eigenvalue weighted by molar-refractivity contribution is 0.174. The monoisotopic (exact) mass is 381 g/mol. The number of halogens is 2. The van der Waals surface area contributed by atoms with E-state index in [1.165, 1.54) is 16.7 Å². The molecule has 1 heterocycles. The quantitative estimate of drug-likeness (QED) is 0.396. The zero-order valence-electron chi connectivity index (χ0n) is 13.6. The second kappa shape index (κ2) is 6.04. The highest BCUT2D eigenvalue weighted by molar-refractivity contribution is 6.31. The number of nitrogens with zero attached hydrogens (tertiary/aromatic N) is 1. The maximum Gasteiger partial charge on any atom is 0.231 e. The van der Waals surface area contributed by atoms with Crippen molar-refractivity contribution in [3.63, 3.8) is 0 Å². The predicted molar refractivity (Wildman–Crippen MR) is 105 cm³/mol. The summed E-state index contributed by atoms with van der Waals surface area (Å²) in [7, 11) is 0. The molecule has 3 aromatic rings. The molecule has 1 aliphatic carbocycles. The number of rotatable bonds is 2. The van der Waals surface area contributed by atoms with E-state index in [0.717, 1.165) is 39.8 Å². The normalized spacial score (nSPS) is 13.9. The van der Waals surface area contributed by atoms with Crippen LogP contribution >= 0.6 is 23.2 Å². The SMILES string of the molecule is Clc1ccc2c(c1)Cc1cc(Cl)cc(N=Cc3ccc4c(c3)OCO4)c1-2. The molecule has 0 amide bonds. The number of ether oxygens (including phenoxy) is 2. The standard InChI is InChI=1S/C21H13Cl2NO2/c22-15-2-3-17-13(7-15)6-14-8-16(23)9-18(21(14)17)24-10-12-1-4-19-20(5-12)26-11-25-19/h1-5,7-10H,6,11H2. The van der Waals surface area contributed by atoms with Crippen LogP contribution in [-0.2, 0) is 6.42 Å². The molecule has 0 spiro atoms. The molecule has 0 N–H and O–H groups in total. The van der Waals surface area contributed by atoms with E-state index in [1.54, 1.807) is 0 Å². The number of benzene rings is 3. The van der Waals surface area contributed by atoms with Gasteiger partial charge >= 0.3 is 0 Å². The molecule has 128 valence electrons. The van der Waals surface area contributed by atoms with Crippen molar-refractivity contribution >= 4 is 35.1 Å². The first-order chi connectivity index (χ1) is 12.7. The molecule has 0 atom stereocenters. The molecule has 0 fully saturated rings. The van der Waals surface area contributed by atoms with E-state index in [4.69, 9.17) is 37.7 Å². The summed E-state index contributed by atoms with van der Waals surface area (Å²) in [5.74, 6) is 1.50.